The van der Waals surface area contributed by atoms with Gasteiger partial charge in [-0.3, -0.25) is 14.2 Å². The van der Waals surface area contributed by atoms with Crippen LogP contribution >= 0.6 is 11.3 Å². The Morgan fingerprint density at radius 1 is 1.07 bits per heavy atom. The summed E-state index contributed by atoms with van der Waals surface area (Å²) in [5.74, 6) is -0.143. The van der Waals surface area contributed by atoms with Gasteiger partial charge in [-0.1, -0.05) is 49.4 Å². The van der Waals surface area contributed by atoms with Gasteiger partial charge in [0.2, 0.25) is 5.91 Å². The van der Waals surface area contributed by atoms with Crippen LogP contribution in [0.2, 0.25) is 0 Å². The van der Waals surface area contributed by atoms with E-state index in [0.29, 0.717) is 16.8 Å². The van der Waals surface area contributed by atoms with E-state index in [1.807, 2.05) is 54.8 Å². The zero-order valence-electron chi connectivity index (χ0n) is 17.0. The van der Waals surface area contributed by atoms with Crippen LogP contribution in [-0.2, 0) is 17.8 Å². The Morgan fingerprint density at radius 3 is 2.47 bits per heavy atom. The molecule has 0 saturated heterocycles. The highest BCUT2D eigenvalue weighted by molar-refractivity contribution is 7.17. The lowest BCUT2D eigenvalue weighted by molar-refractivity contribution is -0.119. The molecule has 0 aliphatic heterocycles. The van der Waals surface area contributed by atoms with Gasteiger partial charge in [-0.2, -0.15) is 0 Å². The molecule has 0 N–H and O–H groups in total. The lowest BCUT2D eigenvalue weighted by atomic mass is 10.0. The number of carbonyl (C=O) groups is 1. The molecule has 30 heavy (non-hydrogen) atoms. The molecular weight excluding hydrogens is 394 g/mol. The van der Waals surface area contributed by atoms with E-state index in [0.717, 1.165) is 23.2 Å². The van der Waals surface area contributed by atoms with Crippen molar-refractivity contribution in [2.45, 2.75) is 26.8 Å². The molecule has 2 aromatic carbocycles. The van der Waals surface area contributed by atoms with Crippen LogP contribution in [0.1, 0.15) is 19.4 Å². The normalized spacial score (nSPS) is 11.0. The first-order valence-corrected chi connectivity index (χ1v) is 10.9. The first-order chi connectivity index (χ1) is 14.6. The van der Waals surface area contributed by atoms with Crippen molar-refractivity contribution in [2.24, 2.45) is 0 Å². The summed E-state index contributed by atoms with van der Waals surface area (Å²) >= 11 is 1.45. The Kier molecular flexibility index (Phi) is 5.77. The number of hydrogen-bond acceptors (Lipinski definition) is 4. The quantitative estimate of drug-likeness (QED) is 0.455. The molecule has 1 amide bonds. The minimum absolute atomic E-state index is 0.0471. The molecule has 0 aliphatic carbocycles. The van der Waals surface area contributed by atoms with E-state index in [1.54, 1.807) is 4.90 Å². The van der Waals surface area contributed by atoms with E-state index in [9.17, 15) is 9.59 Å². The molecule has 0 saturated carbocycles. The van der Waals surface area contributed by atoms with Crippen molar-refractivity contribution in [1.82, 2.24) is 9.55 Å². The number of aryl methyl sites for hydroxylation is 1. The van der Waals surface area contributed by atoms with Crippen molar-refractivity contribution in [1.29, 1.82) is 0 Å². The molecular formula is C24H23N3O2S. The van der Waals surface area contributed by atoms with Crippen LogP contribution in [0.3, 0.4) is 0 Å². The van der Waals surface area contributed by atoms with Gasteiger partial charge in [0.15, 0.2) is 0 Å². The number of thiophene rings is 1. The number of benzene rings is 2. The number of likely N-dealkylation sites (N-methyl/N-ethyl adjacent to an activating group) is 1. The van der Waals surface area contributed by atoms with E-state index < -0.39 is 0 Å². The third kappa shape index (κ3) is 3.78. The minimum atomic E-state index is -0.187. The van der Waals surface area contributed by atoms with E-state index >= 15 is 0 Å². The molecule has 0 spiro atoms. The number of rotatable bonds is 6. The van der Waals surface area contributed by atoms with Crippen LogP contribution in [-0.4, -0.2) is 22.0 Å². The Labute approximate surface area is 179 Å². The average Bonchev–Trinajstić information content (AvgIpc) is 3.22. The monoisotopic (exact) mass is 417 g/mol. The van der Waals surface area contributed by atoms with Crippen LogP contribution < -0.4 is 10.5 Å². The molecule has 4 rings (SSSR count). The second kappa shape index (κ2) is 8.63. The fourth-order valence-electron chi connectivity index (χ4n) is 3.55. The Balaban J connectivity index is 1.69. The van der Waals surface area contributed by atoms with Crippen molar-refractivity contribution in [3.8, 4) is 11.1 Å². The number of para-hydroxylation sites is 1. The first-order valence-electron chi connectivity index (χ1n) is 10.0. The SMILES string of the molecule is CCc1ccc(-c2csc3ncn(CC(=O)N(CC)c4ccccc4)c(=O)c23)cc1. The van der Waals surface area contributed by atoms with E-state index in [2.05, 4.69) is 24.0 Å². The standard InChI is InChI=1S/C24H23N3O2S/c1-3-17-10-12-18(13-11-17)20-15-30-23-22(20)24(29)26(16-25-23)14-21(28)27(4-2)19-8-6-5-7-9-19/h5-13,15-16H,3-4,14H2,1-2H3. The predicted molar refractivity (Wildman–Crippen MR) is 123 cm³/mol. The smallest absolute Gasteiger partial charge is 0.263 e. The summed E-state index contributed by atoms with van der Waals surface area (Å²) in [6.45, 7) is 4.52. The zero-order chi connectivity index (χ0) is 21.1. The molecule has 0 radical (unpaired) electrons. The van der Waals surface area contributed by atoms with Crippen LogP contribution in [0.15, 0.2) is 71.1 Å². The number of amides is 1. The molecule has 0 fully saturated rings. The van der Waals surface area contributed by atoms with Crippen LogP contribution in [0.5, 0.6) is 0 Å². The van der Waals surface area contributed by atoms with Crippen molar-refractivity contribution in [2.75, 3.05) is 11.4 Å². The van der Waals surface area contributed by atoms with E-state index in [4.69, 9.17) is 0 Å². The van der Waals surface area contributed by atoms with Crippen molar-refractivity contribution < 1.29 is 4.79 Å². The minimum Gasteiger partial charge on any atom is -0.311 e. The molecule has 2 heterocycles. The maximum atomic E-state index is 13.2. The van der Waals surface area contributed by atoms with Crippen molar-refractivity contribution in [3.05, 3.63) is 82.2 Å². The average molecular weight is 418 g/mol. The highest BCUT2D eigenvalue weighted by Gasteiger charge is 2.18. The largest absolute Gasteiger partial charge is 0.311 e. The van der Waals surface area contributed by atoms with Gasteiger partial charge < -0.3 is 4.90 Å². The maximum absolute atomic E-state index is 13.2. The van der Waals surface area contributed by atoms with Gasteiger partial charge >= 0.3 is 0 Å². The van der Waals surface area contributed by atoms with Crippen LogP contribution in [0, 0.1) is 0 Å². The topological polar surface area (TPSA) is 55.2 Å². The summed E-state index contributed by atoms with van der Waals surface area (Å²) in [5, 5.41) is 2.54. The number of aromatic nitrogens is 2. The lowest BCUT2D eigenvalue weighted by Gasteiger charge is -2.21. The van der Waals surface area contributed by atoms with Gasteiger partial charge in [-0.25, -0.2) is 4.98 Å². The summed E-state index contributed by atoms with van der Waals surface area (Å²) in [7, 11) is 0. The van der Waals surface area contributed by atoms with Gasteiger partial charge in [0.1, 0.15) is 11.4 Å². The van der Waals surface area contributed by atoms with Gasteiger partial charge in [-0.15, -0.1) is 11.3 Å². The third-order valence-electron chi connectivity index (χ3n) is 5.22. The Hall–Kier alpha value is -3.25. The van der Waals surface area contributed by atoms with Gasteiger partial charge in [0, 0.05) is 23.2 Å². The fraction of sp³-hybridized carbons (Fsp3) is 0.208. The van der Waals surface area contributed by atoms with Gasteiger partial charge in [0.25, 0.3) is 5.56 Å². The maximum Gasteiger partial charge on any atom is 0.263 e. The Bertz CT molecular complexity index is 1230. The molecule has 0 aliphatic rings. The van der Waals surface area contributed by atoms with E-state index in [1.165, 1.54) is 27.8 Å². The van der Waals surface area contributed by atoms with Crippen LogP contribution in [0.4, 0.5) is 5.69 Å². The predicted octanol–water partition coefficient (Wildman–Crippen LogP) is 4.74. The first kappa shape index (κ1) is 20.0. The molecule has 0 unspecified atom stereocenters. The second-order valence-corrected chi connectivity index (χ2v) is 7.89. The molecule has 2 aromatic heterocycles. The summed E-state index contributed by atoms with van der Waals surface area (Å²) in [4.78, 5) is 33.0. The number of fused-ring (bicyclic) bond motifs is 1. The van der Waals surface area contributed by atoms with Crippen molar-refractivity contribution >= 4 is 33.1 Å². The molecule has 152 valence electrons. The van der Waals surface area contributed by atoms with E-state index in [-0.39, 0.29) is 18.0 Å². The molecule has 0 bridgehead atoms. The lowest BCUT2D eigenvalue weighted by Crippen LogP contribution is -2.36. The number of nitrogens with zero attached hydrogens (tertiary/aromatic N) is 3. The zero-order valence-corrected chi connectivity index (χ0v) is 17.9. The second-order valence-electron chi connectivity index (χ2n) is 7.03. The highest BCUT2D eigenvalue weighted by Crippen LogP contribution is 2.30. The van der Waals surface area contributed by atoms with Crippen molar-refractivity contribution in [3.63, 3.8) is 0 Å². The summed E-state index contributed by atoms with van der Waals surface area (Å²) in [6.07, 6.45) is 2.44. The summed E-state index contributed by atoms with van der Waals surface area (Å²) in [5.41, 5.74) is 3.74. The number of anilines is 1. The third-order valence-corrected chi connectivity index (χ3v) is 6.11. The van der Waals surface area contributed by atoms with Gasteiger partial charge in [0.05, 0.1) is 11.7 Å². The van der Waals surface area contributed by atoms with Gasteiger partial charge in [-0.05, 0) is 36.6 Å². The fourth-order valence-corrected chi connectivity index (χ4v) is 4.46. The number of carbonyl (C=O) groups excluding carboxylic acids is 1. The molecule has 6 heteroatoms. The molecule has 5 nitrogen and oxygen atoms in total. The molecule has 4 aromatic rings. The van der Waals surface area contributed by atoms with Crippen LogP contribution in [0.25, 0.3) is 21.3 Å². The Morgan fingerprint density at radius 2 is 1.80 bits per heavy atom. The highest BCUT2D eigenvalue weighted by atomic mass is 32.1. The summed E-state index contributed by atoms with van der Waals surface area (Å²) < 4.78 is 1.41. The number of hydrogen-bond donors (Lipinski definition) is 0. The summed E-state index contributed by atoms with van der Waals surface area (Å²) in [6, 6.07) is 17.7. The molecule has 0 atom stereocenters.